The molecule has 1 aliphatic carbocycles. The number of hydrogen-bond donors (Lipinski definition) is 1. The van der Waals surface area contributed by atoms with Crippen LogP contribution in [0.4, 0.5) is 4.39 Å². The second kappa shape index (κ2) is 6.17. The summed E-state index contributed by atoms with van der Waals surface area (Å²) >= 11 is 5.89. The molecule has 0 aromatic heterocycles. The molecule has 1 aliphatic rings. The molecular formula is C18H19ClFN. The molecule has 0 bridgehead atoms. The van der Waals surface area contributed by atoms with Crippen molar-refractivity contribution in [1.29, 1.82) is 0 Å². The van der Waals surface area contributed by atoms with Crippen LogP contribution in [0.25, 0.3) is 0 Å². The van der Waals surface area contributed by atoms with Gasteiger partial charge in [0.2, 0.25) is 0 Å². The van der Waals surface area contributed by atoms with Crippen molar-refractivity contribution in [2.45, 2.75) is 25.3 Å². The van der Waals surface area contributed by atoms with Crippen LogP contribution in [0.1, 0.15) is 29.2 Å². The van der Waals surface area contributed by atoms with Gasteiger partial charge in [-0.2, -0.15) is 0 Å². The topological polar surface area (TPSA) is 12.0 Å². The predicted octanol–water partition coefficient (Wildman–Crippen LogP) is 4.54. The molecule has 2 atom stereocenters. The molecular weight excluding hydrogens is 285 g/mol. The van der Waals surface area contributed by atoms with E-state index in [2.05, 4.69) is 29.6 Å². The minimum Gasteiger partial charge on any atom is -0.313 e. The average Bonchev–Trinajstić information content (AvgIpc) is 2.51. The number of benzene rings is 2. The Morgan fingerprint density at radius 2 is 2.00 bits per heavy atom. The van der Waals surface area contributed by atoms with Crippen molar-refractivity contribution < 1.29 is 4.39 Å². The van der Waals surface area contributed by atoms with E-state index in [-0.39, 0.29) is 16.9 Å². The minimum atomic E-state index is -0.270. The Morgan fingerprint density at radius 1 is 1.19 bits per heavy atom. The third-order valence-corrected chi connectivity index (χ3v) is 4.76. The van der Waals surface area contributed by atoms with E-state index in [1.54, 1.807) is 6.07 Å². The minimum absolute atomic E-state index is 0.213. The summed E-state index contributed by atoms with van der Waals surface area (Å²) in [4.78, 5) is 0. The van der Waals surface area contributed by atoms with Crippen molar-refractivity contribution in [3.8, 4) is 0 Å². The Bertz CT molecular complexity index is 641. The third kappa shape index (κ3) is 2.83. The molecule has 0 radical (unpaired) electrons. The van der Waals surface area contributed by atoms with Crippen LogP contribution in [0.3, 0.4) is 0 Å². The van der Waals surface area contributed by atoms with Gasteiger partial charge in [-0.15, -0.1) is 0 Å². The number of halogens is 2. The van der Waals surface area contributed by atoms with Crippen LogP contribution in [0.15, 0.2) is 42.5 Å². The lowest BCUT2D eigenvalue weighted by Gasteiger charge is -2.33. The number of rotatable bonds is 3. The molecule has 0 fully saturated rings. The first kappa shape index (κ1) is 14.6. The number of fused-ring (bicyclic) bond motifs is 1. The second-order valence-corrected chi connectivity index (χ2v) is 6.09. The predicted molar refractivity (Wildman–Crippen MR) is 85.2 cm³/mol. The van der Waals surface area contributed by atoms with Gasteiger partial charge < -0.3 is 5.32 Å². The van der Waals surface area contributed by atoms with Crippen LogP contribution in [0.2, 0.25) is 5.02 Å². The quantitative estimate of drug-likeness (QED) is 0.877. The molecule has 2 unspecified atom stereocenters. The van der Waals surface area contributed by atoms with Gasteiger partial charge in [-0.05, 0) is 55.0 Å². The molecule has 3 heteroatoms. The van der Waals surface area contributed by atoms with E-state index in [9.17, 15) is 4.39 Å². The highest BCUT2D eigenvalue weighted by molar-refractivity contribution is 6.30. The molecule has 3 rings (SSSR count). The second-order valence-electron chi connectivity index (χ2n) is 5.68. The maximum atomic E-state index is 14.1. The molecule has 1 N–H and O–H groups in total. The largest absolute Gasteiger partial charge is 0.313 e. The fraction of sp³-hybridized carbons (Fsp3) is 0.333. The first-order valence-corrected chi connectivity index (χ1v) is 7.76. The van der Waals surface area contributed by atoms with Gasteiger partial charge in [0.15, 0.2) is 0 Å². The van der Waals surface area contributed by atoms with Crippen molar-refractivity contribution in [1.82, 2.24) is 5.32 Å². The van der Waals surface area contributed by atoms with E-state index < -0.39 is 0 Å². The molecule has 110 valence electrons. The molecule has 0 amide bonds. The number of aryl methyl sites for hydroxylation is 1. The molecule has 0 heterocycles. The Labute approximate surface area is 130 Å². The summed E-state index contributed by atoms with van der Waals surface area (Å²) in [7, 11) is 1.98. The van der Waals surface area contributed by atoms with Gasteiger partial charge in [-0.1, -0.05) is 48.0 Å². The zero-order valence-electron chi connectivity index (χ0n) is 12.1. The van der Waals surface area contributed by atoms with E-state index in [1.807, 2.05) is 19.2 Å². The van der Waals surface area contributed by atoms with Crippen LogP contribution in [-0.4, -0.2) is 7.05 Å². The van der Waals surface area contributed by atoms with Gasteiger partial charge in [0.1, 0.15) is 5.82 Å². The highest BCUT2D eigenvalue weighted by atomic mass is 35.5. The van der Waals surface area contributed by atoms with E-state index >= 15 is 0 Å². The zero-order valence-corrected chi connectivity index (χ0v) is 12.8. The Morgan fingerprint density at radius 3 is 2.81 bits per heavy atom. The van der Waals surface area contributed by atoms with Crippen molar-refractivity contribution >= 4 is 11.6 Å². The van der Waals surface area contributed by atoms with Crippen LogP contribution in [0, 0.1) is 11.7 Å². The van der Waals surface area contributed by atoms with Gasteiger partial charge in [-0.25, -0.2) is 4.39 Å². The summed E-state index contributed by atoms with van der Waals surface area (Å²) in [5.41, 5.74) is 3.46. The van der Waals surface area contributed by atoms with Crippen molar-refractivity contribution in [3.05, 3.63) is 70.0 Å². The SMILES string of the molecule is CNC1c2ccccc2CCC1Cc1cccc(Cl)c1F. The standard InChI is InChI=1S/C18H19ClFN/c1-21-18-14(10-9-12-5-2-3-7-15(12)18)11-13-6-4-8-16(19)17(13)20/h2-8,14,18,21H,9-11H2,1H3. The molecule has 0 saturated heterocycles. The lowest BCUT2D eigenvalue weighted by Crippen LogP contribution is -2.31. The summed E-state index contributed by atoms with van der Waals surface area (Å²) in [6.07, 6.45) is 2.84. The van der Waals surface area contributed by atoms with Crippen LogP contribution < -0.4 is 5.32 Å². The Hall–Kier alpha value is -1.38. The van der Waals surface area contributed by atoms with Gasteiger partial charge in [0, 0.05) is 6.04 Å². The maximum absolute atomic E-state index is 14.1. The monoisotopic (exact) mass is 303 g/mol. The maximum Gasteiger partial charge on any atom is 0.144 e. The molecule has 2 aromatic carbocycles. The highest BCUT2D eigenvalue weighted by Crippen LogP contribution is 2.36. The van der Waals surface area contributed by atoms with Crippen LogP contribution in [-0.2, 0) is 12.8 Å². The fourth-order valence-corrected chi connectivity index (χ4v) is 3.62. The van der Waals surface area contributed by atoms with Gasteiger partial charge in [0.05, 0.1) is 5.02 Å². The number of nitrogens with one attached hydrogen (secondary N) is 1. The third-order valence-electron chi connectivity index (χ3n) is 4.47. The van der Waals surface area contributed by atoms with Crippen LogP contribution in [0.5, 0.6) is 0 Å². The van der Waals surface area contributed by atoms with E-state index in [1.165, 1.54) is 11.1 Å². The molecule has 1 nitrogen and oxygen atoms in total. The van der Waals surface area contributed by atoms with E-state index in [4.69, 9.17) is 11.6 Å². The fourth-order valence-electron chi connectivity index (χ4n) is 3.43. The lowest BCUT2D eigenvalue weighted by molar-refractivity contribution is 0.331. The van der Waals surface area contributed by atoms with Gasteiger partial charge in [-0.3, -0.25) is 0 Å². The highest BCUT2D eigenvalue weighted by Gasteiger charge is 2.29. The molecule has 0 saturated carbocycles. The Balaban J connectivity index is 1.88. The Kier molecular flexibility index (Phi) is 4.27. The summed E-state index contributed by atoms with van der Waals surface area (Å²) in [6.45, 7) is 0. The molecule has 2 aromatic rings. The molecule has 0 aliphatic heterocycles. The van der Waals surface area contributed by atoms with Gasteiger partial charge >= 0.3 is 0 Å². The molecule has 21 heavy (non-hydrogen) atoms. The normalized spacial score (nSPS) is 21.1. The first-order chi connectivity index (χ1) is 10.2. The summed E-state index contributed by atoms with van der Waals surface area (Å²) < 4.78 is 14.1. The summed E-state index contributed by atoms with van der Waals surface area (Å²) in [5, 5.41) is 3.62. The lowest BCUT2D eigenvalue weighted by atomic mass is 9.77. The van der Waals surface area contributed by atoms with E-state index in [0.717, 1.165) is 12.8 Å². The average molecular weight is 304 g/mol. The first-order valence-electron chi connectivity index (χ1n) is 7.38. The summed E-state index contributed by atoms with van der Waals surface area (Å²) in [6, 6.07) is 14.1. The molecule has 0 spiro atoms. The van der Waals surface area contributed by atoms with Crippen molar-refractivity contribution in [3.63, 3.8) is 0 Å². The van der Waals surface area contributed by atoms with Crippen molar-refractivity contribution in [2.24, 2.45) is 5.92 Å². The van der Waals surface area contributed by atoms with Crippen molar-refractivity contribution in [2.75, 3.05) is 7.05 Å². The van der Waals surface area contributed by atoms with Crippen LogP contribution >= 0.6 is 11.6 Å². The zero-order chi connectivity index (χ0) is 14.8. The summed E-state index contributed by atoms with van der Waals surface area (Å²) in [5.74, 6) is 0.116. The number of hydrogen-bond acceptors (Lipinski definition) is 1. The van der Waals surface area contributed by atoms with Gasteiger partial charge in [0.25, 0.3) is 0 Å². The van der Waals surface area contributed by atoms with E-state index in [0.29, 0.717) is 17.9 Å². The smallest absolute Gasteiger partial charge is 0.144 e.